The van der Waals surface area contributed by atoms with E-state index >= 15 is 0 Å². The standard InChI is InChI=1S/C23H28ClN3O2/c24-20-7-6-19-10-14-27(22(19)16-20)23(28)25-11-15-26-12-8-18(9-13-26)17-29-21-4-2-1-3-5-21/h1-7,16,18H,8-15,17H2,(H,25,28). The average Bonchev–Trinajstić information content (AvgIpc) is 3.17. The molecule has 0 saturated carbocycles. The SMILES string of the molecule is O=C(NCCN1CCC(COc2ccccc2)CC1)N1CCc2ccc(Cl)cc21. The highest BCUT2D eigenvalue weighted by Gasteiger charge is 2.25. The number of carbonyl (C=O) groups excluding carboxylic acids is 1. The summed E-state index contributed by atoms with van der Waals surface area (Å²) in [5, 5.41) is 3.74. The lowest BCUT2D eigenvalue weighted by Crippen LogP contribution is -2.44. The van der Waals surface area contributed by atoms with Gasteiger partial charge in [-0.05, 0) is 68.1 Å². The van der Waals surface area contributed by atoms with Crippen LogP contribution in [0.3, 0.4) is 0 Å². The van der Waals surface area contributed by atoms with Crippen LogP contribution in [-0.2, 0) is 6.42 Å². The molecule has 4 rings (SSSR count). The van der Waals surface area contributed by atoms with Gasteiger partial charge in [0.05, 0.1) is 12.3 Å². The summed E-state index contributed by atoms with van der Waals surface area (Å²) in [5.74, 6) is 1.55. The molecule has 6 heteroatoms. The van der Waals surface area contributed by atoms with Crippen LogP contribution in [0.5, 0.6) is 5.75 Å². The van der Waals surface area contributed by atoms with Gasteiger partial charge in [0.15, 0.2) is 0 Å². The maximum absolute atomic E-state index is 12.6. The molecule has 2 aliphatic rings. The Kier molecular flexibility index (Phi) is 6.57. The third-order valence-corrected chi connectivity index (χ3v) is 6.06. The number of carbonyl (C=O) groups is 1. The van der Waals surface area contributed by atoms with Crippen LogP contribution < -0.4 is 15.0 Å². The summed E-state index contributed by atoms with van der Waals surface area (Å²) >= 11 is 6.09. The van der Waals surface area contributed by atoms with Gasteiger partial charge in [0.1, 0.15) is 5.75 Å². The van der Waals surface area contributed by atoms with Crippen LogP contribution in [0.2, 0.25) is 5.02 Å². The van der Waals surface area contributed by atoms with Crippen molar-refractivity contribution in [2.24, 2.45) is 5.92 Å². The maximum Gasteiger partial charge on any atom is 0.321 e. The zero-order valence-electron chi connectivity index (χ0n) is 16.6. The molecule has 0 unspecified atom stereocenters. The minimum Gasteiger partial charge on any atom is -0.493 e. The lowest BCUT2D eigenvalue weighted by molar-refractivity contribution is 0.142. The zero-order chi connectivity index (χ0) is 20.1. The van der Waals surface area contributed by atoms with Gasteiger partial charge in [0.2, 0.25) is 0 Å². The number of amides is 2. The maximum atomic E-state index is 12.6. The van der Waals surface area contributed by atoms with Crippen LogP contribution >= 0.6 is 11.6 Å². The minimum absolute atomic E-state index is 0.0304. The molecule has 0 spiro atoms. The molecular weight excluding hydrogens is 386 g/mol. The molecule has 154 valence electrons. The van der Waals surface area contributed by atoms with E-state index in [0.29, 0.717) is 24.0 Å². The molecule has 2 aliphatic heterocycles. The molecule has 2 aromatic rings. The fraction of sp³-hybridized carbons (Fsp3) is 0.435. The fourth-order valence-corrected chi connectivity index (χ4v) is 4.25. The number of benzene rings is 2. The zero-order valence-corrected chi connectivity index (χ0v) is 17.4. The lowest BCUT2D eigenvalue weighted by atomic mass is 9.98. The highest BCUT2D eigenvalue weighted by molar-refractivity contribution is 6.31. The van der Waals surface area contributed by atoms with Crippen LogP contribution in [0.25, 0.3) is 0 Å². The number of hydrogen-bond donors (Lipinski definition) is 1. The summed E-state index contributed by atoms with van der Waals surface area (Å²) in [7, 11) is 0. The first-order valence-corrected chi connectivity index (χ1v) is 10.8. The molecule has 1 saturated heterocycles. The topological polar surface area (TPSA) is 44.8 Å². The summed E-state index contributed by atoms with van der Waals surface area (Å²) in [6, 6.07) is 15.8. The molecule has 1 N–H and O–H groups in total. The molecule has 1 fully saturated rings. The van der Waals surface area contributed by atoms with Crippen molar-refractivity contribution >= 4 is 23.3 Å². The number of urea groups is 1. The van der Waals surface area contributed by atoms with Gasteiger partial charge in [0, 0.05) is 24.7 Å². The van der Waals surface area contributed by atoms with Gasteiger partial charge in [-0.25, -0.2) is 4.79 Å². The largest absolute Gasteiger partial charge is 0.493 e. The molecule has 29 heavy (non-hydrogen) atoms. The minimum atomic E-state index is -0.0304. The van der Waals surface area contributed by atoms with Gasteiger partial charge < -0.3 is 15.0 Å². The second-order valence-electron chi connectivity index (χ2n) is 7.82. The Morgan fingerprint density at radius 2 is 1.90 bits per heavy atom. The van der Waals surface area contributed by atoms with Gasteiger partial charge in [-0.2, -0.15) is 0 Å². The predicted molar refractivity (Wildman–Crippen MR) is 117 cm³/mol. The van der Waals surface area contributed by atoms with E-state index in [1.807, 2.05) is 48.5 Å². The summed E-state index contributed by atoms with van der Waals surface area (Å²) in [4.78, 5) is 16.8. The number of ether oxygens (including phenoxy) is 1. The van der Waals surface area contributed by atoms with Crippen molar-refractivity contribution in [3.05, 3.63) is 59.1 Å². The number of anilines is 1. The number of halogens is 1. The molecular formula is C23H28ClN3O2. The lowest BCUT2D eigenvalue weighted by Gasteiger charge is -2.32. The van der Waals surface area contributed by atoms with Crippen molar-refractivity contribution in [2.75, 3.05) is 44.2 Å². The predicted octanol–water partition coefficient (Wildman–Crippen LogP) is 4.20. The van der Waals surface area contributed by atoms with Gasteiger partial charge in [-0.15, -0.1) is 0 Å². The Hall–Kier alpha value is -2.24. The normalized spacial score (nSPS) is 17.2. The van der Waals surface area contributed by atoms with E-state index in [-0.39, 0.29) is 6.03 Å². The first kappa shape index (κ1) is 20.0. The first-order chi connectivity index (χ1) is 14.2. The van der Waals surface area contributed by atoms with Crippen LogP contribution in [0, 0.1) is 5.92 Å². The third kappa shape index (κ3) is 5.22. The number of rotatable bonds is 6. The van der Waals surface area contributed by atoms with Crippen LogP contribution in [0.15, 0.2) is 48.5 Å². The van der Waals surface area contributed by atoms with Crippen LogP contribution in [0.1, 0.15) is 18.4 Å². The second-order valence-corrected chi connectivity index (χ2v) is 8.25. The summed E-state index contributed by atoms with van der Waals surface area (Å²) in [6.45, 7) is 5.16. The van der Waals surface area contributed by atoms with E-state index < -0.39 is 0 Å². The van der Waals surface area contributed by atoms with Crippen molar-refractivity contribution in [3.8, 4) is 5.75 Å². The number of piperidine rings is 1. The number of nitrogens with zero attached hydrogens (tertiary/aromatic N) is 2. The number of likely N-dealkylation sites (tertiary alicyclic amines) is 1. The van der Waals surface area contributed by atoms with E-state index in [9.17, 15) is 4.79 Å². The van der Waals surface area contributed by atoms with Crippen molar-refractivity contribution in [1.82, 2.24) is 10.2 Å². The van der Waals surface area contributed by atoms with Gasteiger partial charge in [-0.3, -0.25) is 4.90 Å². The Balaban J connectivity index is 1.15. The third-order valence-electron chi connectivity index (χ3n) is 5.83. The molecule has 0 aromatic heterocycles. The number of fused-ring (bicyclic) bond motifs is 1. The Bertz CT molecular complexity index is 822. The monoisotopic (exact) mass is 413 g/mol. The molecule has 2 amide bonds. The smallest absolute Gasteiger partial charge is 0.321 e. The fourth-order valence-electron chi connectivity index (χ4n) is 4.09. The van der Waals surface area contributed by atoms with Gasteiger partial charge in [-0.1, -0.05) is 35.9 Å². The number of hydrogen-bond acceptors (Lipinski definition) is 3. The molecule has 0 radical (unpaired) electrons. The first-order valence-electron chi connectivity index (χ1n) is 10.4. The Morgan fingerprint density at radius 3 is 2.69 bits per heavy atom. The Morgan fingerprint density at radius 1 is 1.10 bits per heavy atom. The summed E-state index contributed by atoms with van der Waals surface area (Å²) in [6.07, 6.45) is 3.16. The van der Waals surface area contributed by atoms with Crippen molar-refractivity contribution in [1.29, 1.82) is 0 Å². The average molecular weight is 414 g/mol. The molecule has 2 aromatic carbocycles. The highest BCUT2D eigenvalue weighted by Crippen LogP contribution is 2.30. The molecule has 2 heterocycles. The van der Waals surface area contributed by atoms with Crippen LogP contribution in [-0.4, -0.2) is 50.3 Å². The summed E-state index contributed by atoms with van der Waals surface area (Å²) in [5.41, 5.74) is 2.12. The van der Waals surface area contributed by atoms with E-state index in [2.05, 4.69) is 10.2 Å². The molecule has 0 bridgehead atoms. The van der Waals surface area contributed by atoms with Crippen molar-refractivity contribution in [3.63, 3.8) is 0 Å². The molecule has 0 atom stereocenters. The van der Waals surface area contributed by atoms with Gasteiger partial charge >= 0.3 is 6.03 Å². The molecule has 5 nitrogen and oxygen atoms in total. The van der Waals surface area contributed by atoms with E-state index in [1.165, 1.54) is 5.56 Å². The number of para-hydroxylation sites is 1. The van der Waals surface area contributed by atoms with E-state index in [1.54, 1.807) is 4.90 Å². The second kappa shape index (κ2) is 9.51. The van der Waals surface area contributed by atoms with Gasteiger partial charge in [0.25, 0.3) is 0 Å². The quantitative estimate of drug-likeness (QED) is 0.771. The Labute approximate surface area is 177 Å². The van der Waals surface area contributed by atoms with Crippen molar-refractivity contribution < 1.29 is 9.53 Å². The summed E-state index contributed by atoms with van der Waals surface area (Å²) < 4.78 is 5.90. The van der Waals surface area contributed by atoms with Crippen molar-refractivity contribution in [2.45, 2.75) is 19.3 Å². The van der Waals surface area contributed by atoms with E-state index in [0.717, 1.165) is 56.9 Å². The van der Waals surface area contributed by atoms with Crippen LogP contribution in [0.4, 0.5) is 10.5 Å². The number of nitrogens with one attached hydrogen (secondary N) is 1. The van der Waals surface area contributed by atoms with E-state index in [4.69, 9.17) is 16.3 Å². The molecule has 0 aliphatic carbocycles. The highest BCUT2D eigenvalue weighted by atomic mass is 35.5.